The van der Waals surface area contributed by atoms with E-state index in [0.29, 0.717) is 23.8 Å². The van der Waals surface area contributed by atoms with E-state index in [1.54, 1.807) is 35.7 Å². The van der Waals surface area contributed by atoms with Crippen molar-refractivity contribution in [1.82, 2.24) is 34.5 Å². The van der Waals surface area contributed by atoms with Crippen molar-refractivity contribution in [3.8, 4) is 22.9 Å². The number of hydrogen-bond acceptors (Lipinski definition) is 8. The Hall–Kier alpha value is -4.26. The summed E-state index contributed by atoms with van der Waals surface area (Å²) in [7, 11) is 0. The van der Waals surface area contributed by atoms with Crippen LogP contribution < -0.4 is 10.1 Å². The molecule has 0 amide bonds. The van der Waals surface area contributed by atoms with Crippen LogP contribution in [0.5, 0.6) is 5.75 Å². The van der Waals surface area contributed by atoms with E-state index in [1.165, 1.54) is 6.33 Å². The average molecular weight is 444 g/mol. The van der Waals surface area contributed by atoms with Gasteiger partial charge >= 0.3 is 0 Å². The molecule has 0 radical (unpaired) electrons. The molecule has 3 heterocycles. The first-order valence-corrected chi connectivity index (χ1v) is 10.5. The van der Waals surface area contributed by atoms with Gasteiger partial charge in [-0.05, 0) is 45.4 Å². The summed E-state index contributed by atoms with van der Waals surface area (Å²) in [5.41, 5.74) is 2.83. The second-order valence-electron chi connectivity index (χ2n) is 8.63. The minimum atomic E-state index is -0.203. The van der Waals surface area contributed by atoms with Crippen LogP contribution >= 0.6 is 0 Å². The van der Waals surface area contributed by atoms with Gasteiger partial charge in [0.25, 0.3) is 0 Å². The zero-order valence-corrected chi connectivity index (χ0v) is 19.0. The van der Waals surface area contributed by atoms with Gasteiger partial charge < -0.3 is 10.1 Å². The monoisotopic (exact) mass is 443 g/mol. The molecule has 4 aromatic rings. The van der Waals surface area contributed by atoms with Crippen LogP contribution in [-0.4, -0.2) is 40.6 Å². The summed E-state index contributed by atoms with van der Waals surface area (Å²) < 4.78 is 9.60. The van der Waals surface area contributed by atoms with Crippen LogP contribution in [0.1, 0.15) is 33.3 Å². The highest BCUT2D eigenvalue weighted by Crippen LogP contribution is 2.28. The lowest BCUT2D eigenvalue weighted by molar-refractivity contribution is 0.193. The molecule has 1 aromatic carbocycles. The number of rotatable bonds is 7. The second kappa shape index (κ2) is 9.08. The third-order valence-corrected chi connectivity index (χ3v) is 4.85. The summed E-state index contributed by atoms with van der Waals surface area (Å²) in [6.45, 7) is 8.69. The number of hydrogen-bond donors (Lipinski definition) is 1. The van der Waals surface area contributed by atoms with Gasteiger partial charge in [-0.15, -0.1) is 0 Å². The summed E-state index contributed by atoms with van der Waals surface area (Å²) in [6, 6.07) is 7.60. The summed E-state index contributed by atoms with van der Waals surface area (Å²) in [5, 5.41) is 21.1. The number of nitriles is 1. The Morgan fingerprint density at radius 1 is 1.12 bits per heavy atom. The number of benzene rings is 1. The summed E-state index contributed by atoms with van der Waals surface area (Å²) in [6.07, 6.45) is 10.0. The number of anilines is 2. The van der Waals surface area contributed by atoms with Crippen molar-refractivity contribution >= 4 is 11.6 Å². The van der Waals surface area contributed by atoms with E-state index < -0.39 is 0 Å². The lowest BCUT2D eigenvalue weighted by atomic mass is 10.1. The van der Waals surface area contributed by atoms with E-state index in [2.05, 4.69) is 57.3 Å². The number of nitrogens with zero attached hydrogens (tertiary/aromatic N) is 8. The molecule has 1 N–H and O–H groups in total. The average Bonchev–Trinajstić information content (AvgIpc) is 3.46. The molecular formula is C23H25N9O. The van der Waals surface area contributed by atoms with Gasteiger partial charge in [0, 0.05) is 24.2 Å². The fourth-order valence-corrected chi connectivity index (χ4v) is 3.16. The summed E-state index contributed by atoms with van der Waals surface area (Å²) in [5.74, 6) is 0.971. The first-order chi connectivity index (χ1) is 15.8. The highest BCUT2D eigenvalue weighted by Gasteiger charge is 2.15. The first kappa shape index (κ1) is 22.0. The minimum Gasteiger partial charge on any atom is -0.487 e. The Morgan fingerprint density at radius 2 is 1.91 bits per heavy atom. The molecule has 0 aliphatic carbocycles. The van der Waals surface area contributed by atoms with Gasteiger partial charge in [-0.1, -0.05) is 6.07 Å². The van der Waals surface area contributed by atoms with Crippen LogP contribution in [0.4, 0.5) is 11.6 Å². The highest BCUT2D eigenvalue weighted by molar-refractivity contribution is 5.66. The zero-order chi connectivity index (χ0) is 23.4. The molecule has 168 valence electrons. The lowest BCUT2D eigenvalue weighted by Crippen LogP contribution is -2.21. The van der Waals surface area contributed by atoms with Gasteiger partial charge in [-0.3, -0.25) is 4.68 Å². The standard InChI is InChI=1S/C23H25N9O/c1-16(12-31-15-25-14-29-31)33-21-7-17(5-6-18(21)8-24)19-9-26-22(27-10-19)30-20-11-28-32(13-20)23(2,3)4/h5-7,9-11,13-16H,12H2,1-4H3,(H,26,27,30)/t16-/m0/s1. The maximum atomic E-state index is 9.48. The van der Waals surface area contributed by atoms with E-state index in [0.717, 1.165) is 16.8 Å². The normalized spacial score (nSPS) is 12.2. The van der Waals surface area contributed by atoms with E-state index in [9.17, 15) is 5.26 Å². The van der Waals surface area contributed by atoms with Gasteiger partial charge in [0.05, 0.1) is 29.5 Å². The maximum Gasteiger partial charge on any atom is 0.227 e. The third kappa shape index (κ3) is 5.33. The molecule has 4 rings (SSSR count). The van der Waals surface area contributed by atoms with Crippen molar-refractivity contribution in [3.05, 3.63) is 61.2 Å². The van der Waals surface area contributed by atoms with Gasteiger partial charge in [0.15, 0.2) is 0 Å². The van der Waals surface area contributed by atoms with Crippen LogP contribution in [-0.2, 0) is 12.1 Å². The fourth-order valence-electron chi connectivity index (χ4n) is 3.16. The van der Waals surface area contributed by atoms with E-state index in [1.807, 2.05) is 29.9 Å². The van der Waals surface area contributed by atoms with Gasteiger partial charge in [0.1, 0.15) is 30.6 Å². The molecule has 33 heavy (non-hydrogen) atoms. The predicted molar refractivity (Wildman–Crippen MR) is 123 cm³/mol. The Labute approximate surface area is 191 Å². The molecule has 0 bridgehead atoms. The molecule has 3 aromatic heterocycles. The van der Waals surface area contributed by atoms with E-state index in [4.69, 9.17) is 4.74 Å². The van der Waals surface area contributed by atoms with Gasteiger partial charge in [0.2, 0.25) is 5.95 Å². The smallest absolute Gasteiger partial charge is 0.227 e. The number of aromatic nitrogens is 7. The largest absolute Gasteiger partial charge is 0.487 e. The first-order valence-electron chi connectivity index (χ1n) is 10.5. The molecule has 1 atom stereocenters. The molecular weight excluding hydrogens is 418 g/mol. The van der Waals surface area contributed by atoms with Crippen LogP contribution in [0.2, 0.25) is 0 Å². The van der Waals surface area contributed by atoms with Crippen LogP contribution in [0.15, 0.2) is 55.6 Å². The molecule has 0 aliphatic heterocycles. The van der Waals surface area contributed by atoms with Crippen molar-refractivity contribution in [2.75, 3.05) is 5.32 Å². The molecule has 0 unspecified atom stereocenters. The van der Waals surface area contributed by atoms with Crippen LogP contribution in [0, 0.1) is 11.3 Å². The molecule has 10 heteroatoms. The van der Waals surface area contributed by atoms with Crippen molar-refractivity contribution in [2.24, 2.45) is 0 Å². The second-order valence-corrected chi connectivity index (χ2v) is 8.63. The lowest BCUT2D eigenvalue weighted by Gasteiger charge is -2.18. The number of ether oxygens (including phenoxy) is 1. The molecule has 0 spiro atoms. The van der Waals surface area contributed by atoms with Gasteiger partial charge in [-0.2, -0.15) is 15.5 Å². The van der Waals surface area contributed by atoms with Crippen molar-refractivity contribution in [3.63, 3.8) is 0 Å². The molecule has 0 aliphatic rings. The Balaban J connectivity index is 1.48. The van der Waals surface area contributed by atoms with Crippen LogP contribution in [0.25, 0.3) is 11.1 Å². The molecule has 0 saturated carbocycles. The molecule has 0 saturated heterocycles. The fraction of sp³-hybridized carbons (Fsp3) is 0.304. The quantitative estimate of drug-likeness (QED) is 0.458. The number of nitrogens with one attached hydrogen (secondary N) is 1. The topological polar surface area (TPSA) is 119 Å². The van der Waals surface area contributed by atoms with Crippen molar-refractivity contribution in [2.45, 2.75) is 45.9 Å². The summed E-state index contributed by atoms with van der Waals surface area (Å²) >= 11 is 0. The van der Waals surface area contributed by atoms with Crippen molar-refractivity contribution < 1.29 is 4.74 Å². The predicted octanol–water partition coefficient (Wildman–Crippen LogP) is 3.77. The van der Waals surface area contributed by atoms with Crippen LogP contribution in [0.3, 0.4) is 0 Å². The SMILES string of the molecule is C[C@@H](Cn1cncn1)Oc1cc(-c2cnc(Nc3cnn(C(C)(C)C)c3)nc2)ccc1C#N. The molecule has 0 fully saturated rings. The third-order valence-electron chi connectivity index (χ3n) is 4.85. The van der Waals surface area contributed by atoms with Crippen molar-refractivity contribution in [1.29, 1.82) is 5.26 Å². The maximum absolute atomic E-state index is 9.48. The van der Waals surface area contributed by atoms with Gasteiger partial charge in [-0.25, -0.2) is 19.6 Å². The highest BCUT2D eigenvalue weighted by atomic mass is 16.5. The van der Waals surface area contributed by atoms with E-state index >= 15 is 0 Å². The molecule has 10 nitrogen and oxygen atoms in total. The summed E-state index contributed by atoms with van der Waals surface area (Å²) in [4.78, 5) is 12.8. The Bertz CT molecular complexity index is 1250. The Morgan fingerprint density at radius 3 is 2.55 bits per heavy atom. The van der Waals surface area contributed by atoms with E-state index in [-0.39, 0.29) is 11.6 Å². The zero-order valence-electron chi connectivity index (χ0n) is 19.0. The minimum absolute atomic E-state index is 0.104. The Kier molecular flexibility index (Phi) is 6.04.